The molecular formula is C20H24N4O. The van der Waals surface area contributed by atoms with Crippen LogP contribution in [-0.2, 0) is 17.6 Å². The van der Waals surface area contributed by atoms with E-state index in [2.05, 4.69) is 33.8 Å². The van der Waals surface area contributed by atoms with Gasteiger partial charge in [0.1, 0.15) is 0 Å². The molecule has 0 spiro atoms. The third kappa shape index (κ3) is 4.38. The molecule has 0 saturated carbocycles. The highest BCUT2D eigenvalue weighted by Crippen LogP contribution is 2.27. The van der Waals surface area contributed by atoms with Gasteiger partial charge >= 0.3 is 0 Å². The molecule has 0 unspecified atom stereocenters. The summed E-state index contributed by atoms with van der Waals surface area (Å²) in [6.45, 7) is 1.75. The molecule has 2 aromatic carbocycles. The lowest BCUT2D eigenvalue weighted by molar-refractivity contribution is -0.117. The van der Waals surface area contributed by atoms with Gasteiger partial charge in [-0.15, -0.1) is 0 Å². The lowest BCUT2D eigenvalue weighted by atomic mass is 10.1. The Labute approximate surface area is 148 Å². The number of nitrogens with zero attached hydrogens (tertiary/aromatic N) is 2. The fourth-order valence-corrected chi connectivity index (χ4v) is 3.04. The predicted molar refractivity (Wildman–Crippen MR) is 102 cm³/mol. The van der Waals surface area contributed by atoms with Crippen LogP contribution < -0.4 is 15.5 Å². The van der Waals surface area contributed by atoms with Gasteiger partial charge in [0.2, 0.25) is 5.91 Å². The summed E-state index contributed by atoms with van der Waals surface area (Å²) in [7, 11) is 1.72. The highest BCUT2D eigenvalue weighted by atomic mass is 16.2. The average molecular weight is 336 g/mol. The van der Waals surface area contributed by atoms with E-state index in [1.165, 1.54) is 11.1 Å². The van der Waals surface area contributed by atoms with Crippen molar-refractivity contribution < 1.29 is 4.79 Å². The van der Waals surface area contributed by atoms with Crippen molar-refractivity contribution >= 4 is 17.6 Å². The predicted octanol–water partition coefficient (Wildman–Crippen LogP) is 1.98. The van der Waals surface area contributed by atoms with E-state index >= 15 is 0 Å². The number of carbonyl (C=O) groups excluding carboxylic acids is 1. The summed E-state index contributed by atoms with van der Waals surface area (Å²) in [5.41, 5.74) is 3.54. The molecule has 2 N–H and O–H groups in total. The van der Waals surface area contributed by atoms with Crippen molar-refractivity contribution in [3.05, 3.63) is 65.7 Å². The largest absolute Gasteiger partial charge is 0.356 e. The van der Waals surface area contributed by atoms with Gasteiger partial charge in [-0.1, -0.05) is 48.5 Å². The Morgan fingerprint density at radius 1 is 1.08 bits per heavy atom. The Bertz CT molecular complexity index is 742. The molecule has 130 valence electrons. The molecule has 0 aromatic heterocycles. The number of hydrogen-bond acceptors (Lipinski definition) is 2. The Morgan fingerprint density at radius 2 is 1.84 bits per heavy atom. The molecular weight excluding hydrogens is 312 g/mol. The first-order valence-electron chi connectivity index (χ1n) is 8.64. The van der Waals surface area contributed by atoms with E-state index in [0.717, 1.165) is 31.6 Å². The number of para-hydroxylation sites is 1. The zero-order valence-electron chi connectivity index (χ0n) is 14.5. The van der Waals surface area contributed by atoms with E-state index in [1.807, 2.05) is 41.3 Å². The zero-order valence-corrected chi connectivity index (χ0v) is 14.5. The van der Waals surface area contributed by atoms with E-state index in [-0.39, 0.29) is 12.5 Å². The first kappa shape index (κ1) is 17.0. The van der Waals surface area contributed by atoms with Gasteiger partial charge in [0.05, 0.1) is 6.54 Å². The molecule has 0 aliphatic carbocycles. The molecule has 0 fully saturated rings. The Balaban J connectivity index is 1.46. The fourth-order valence-electron chi connectivity index (χ4n) is 3.04. The number of amides is 1. The molecule has 5 nitrogen and oxygen atoms in total. The lowest BCUT2D eigenvalue weighted by Crippen LogP contribution is -2.44. The van der Waals surface area contributed by atoms with Crippen LogP contribution in [0.4, 0.5) is 5.69 Å². The molecule has 25 heavy (non-hydrogen) atoms. The third-order valence-electron chi connectivity index (χ3n) is 4.37. The van der Waals surface area contributed by atoms with E-state index in [0.29, 0.717) is 5.96 Å². The lowest BCUT2D eigenvalue weighted by Gasteiger charge is -2.18. The smallest absolute Gasteiger partial charge is 0.246 e. The van der Waals surface area contributed by atoms with E-state index in [9.17, 15) is 4.79 Å². The number of carbonyl (C=O) groups is 1. The number of hydrogen-bond donors (Lipinski definition) is 2. The number of nitrogens with one attached hydrogen (secondary N) is 2. The summed E-state index contributed by atoms with van der Waals surface area (Å²) in [4.78, 5) is 18.5. The Hall–Kier alpha value is -2.82. The van der Waals surface area contributed by atoms with Gasteiger partial charge in [-0.25, -0.2) is 0 Å². The first-order valence-corrected chi connectivity index (χ1v) is 8.64. The van der Waals surface area contributed by atoms with Crippen molar-refractivity contribution in [3.8, 4) is 0 Å². The minimum atomic E-state index is 0.0657. The normalized spacial score (nSPS) is 13.5. The summed E-state index contributed by atoms with van der Waals surface area (Å²) in [6, 6.07) is 18.4. The maximum Gasteiger partial charge on any atom is 0.246 e. The van der Waals surface area contributed by atoms with Crippen molar-refractivity contribution in [2.45, 2.75) is 12.8 Å². The Kier molecular flexibility index (Phi) is 5.67. The second-order valence-corrected chi connectivity index (χ2v) is 6.01. The van der Waals surface area contributed by atoms with Crippen molar-refractivity contribution in [1.29, 1.82) is 0 Å². The van der Waals surface area contributed by atoms with Crippen LogP contribution in [0, 0.1) is 0 Å². The number of guanidine groups is 1. The number of benzene rings is 2. The molecule has 1 aliphatic rings. The number of fused-ring (bicyclic) bond motifs is 1. The van der Waals surface area contributed by atoms with Gasteiger partial charge in [0, 0.05) is 25.8 Å². The quantitative estimate of drug-likeness (QED) is 0.648. The van der Waals surface area contributed by atoms with Gasteiger partial charge in [-0.2, -0.15) is 0 Å². The fraction of sp³-hybridized carbons (Fsp3) is 0.300. The van der Waals surface area contributed by atoms with Crippen LogP contribution in [-0.4, -0.2) is 38.5 Å². The highest BCUT2D eigenvalue weighted by molar-refractivity contribution is 5.98. The number of aliphatic imine (C=N–C) groups is 1. The molecule has 2 aromatic rings. The van der Waals surface area contributed by atoms with Gasteiger partial charge in [-0.05, 0) is 30.0 Å². The SMILES string of the molecule is CN=C(NCCc1ccccc1)NCC(=O)N1CCc2ccccc21. The van der Waals surface area contributed by atoms with Gasteiger partial charge in [0.25, 0.3) is 0 Å². The minimum absolute atomic E-state index is 0.0657. The monoisotopic (exact) mass is 336 g/mol. The summed E-state index contributed by atoms with van der Waals surface area (Å²) in [5, 5.41) is 6.36. The van der Waals surface area contributed by atoms with Crippen LogP contribution in [0.5, 0.6) is 0 Å². The van der Waals surface area contributed by atoms with Crippen molar-refractivity contribution in [1.82, 2.24) is 10.6 Å². The molecule has 0 saturated heterocycles. The second-order valence-electron chi connectivity index (χ2n) is 6.01. The summed E-state index contributed by atoms with van der Waals surface area (Å²) >= 11 is 0. The molecule has 3 rings (SSSR count). The average Bonchev–Trinajstić information content (AvgIpc) is 3.09. The van der Waals surface area contributed by atoms with Gasteiger partial charge < -0.3 is 15.5 Å². The molecule has 1 heterocycles. The van der Waals surface area contributed by atoms with Crippen LogP contribution in [0.1, 0.15) is 11.1 Å². The van der Waals surface area contributed by atoms with E-state index in [1.54, 1.807) is 7.05 Å². The first-order chi connectivity index (χ1) is 12.3. The molecule has 0 radical (unpaired) electrons. The number of anilines is 1. The number of rotatable bonds is 5. The van der Waals surface area contributed by atoms with Crippen molar-refractivity contribution in [2.75, 3.05) is 31.6 Å². The molecule has 0 bridgehead atoms. The van der Waals surface area contributed by atoms with Crippen LogP contribution in [0.15, 0.2) is 59.6 Å². The van der Waals surface area contributed by atoms with Crippen LogP contribution in [0.2, 0.25) is 0 Å². The molecule has 5 heteroatoms. The second kappa shape index (κ2) is 8.33. The maximum absolute atomic E-state index is 12.5. The zero-order chi connectivity index (χ0) is 17.5. The third-order valence-corrected chi connectivity index (χ3v) is 4.37. The highest BCUT2D eigenvalue weighted by Gasteiger charge is 2.23. The summed E-state index contributed by atoms with van der Waals surface area (Å²) in [5.74, 6) is 0.715. The van der Waals surface area contributed by atoms with Crippen LogP contribution in [0.25, 0.3) is 0 Å². The van der Waals surface area contributed by atoms with Crippen molar-refractivity contribution in [2.24, 2.45) is 4.99 Å². The standard InChI is InChI=1S/C20H24N4O/c1-21-20(22-13-11-16-7-3-2-4-8-16)23-15-19(25)24-14-12-17-9-5-6-10-18(17)24/h2-10H,11-15H2,1H3,(H2,21,22,23). The van der Waals surface area contributed by atoms with Crippen LogP contribution >= 0.6 is 0 Å². The van der Waals surface area contributed by atoms with E-state index < -0.39 is 0 Å². The summed E-state index contributed by atoms with van der Waals surface area (Å²) in [6.07, 6.45) is 1.83. The van der Waals surface area contributed by atoms with Crippen LogP contribution in [0.3, 0.4) is 0 Å². The molecule has 0 atom stereocenters. The molecule has 1 amide bonds. The summed E-state index contributed by atoms with van der Waals surface area (Å²) < 4.78 is 0. The van der Waals surface area contributed by atoms with E-state index in [4.69, 9.17) is 0 Å². The minimum Gasteiger partial charge on any atom is -0.356 e. The van der Waals surface area contributed by atoms with Gasteiger partial charge in [-0.3, -0.25) is 9.79 Å². The van der Waals surface area contributed by atoms with Gasteiger partial charge in [0.15, 0.2) is 5.96 Å². The van der Waals surface area contributed by atoms with Crippen molar-refractivity contribution in [3.63, 3.8) is 0 Å². The topological polar surface area (TPSA) is 56.7 Å². The Morgan fingerprint density at radius 3 is 2.64 bits per heavy atom. The maximum atomic E-state index is 12.5. The molecule has 1 aliphatic heterocycles.